The number of fused-ring (bicyclic) bond motifs is 5. The Morgan fingerprint density at radius 1 is 1.26 bits per heavy atom. The minimum atomic E-state index is -5.17. The SMILES string of the molecule is C[C@@H]1C[C@H]2[C@@H]3CCC4=CC(=O)C=C[C@]4(C)[C@@]3(F)[C@@H](O)C[C@]2(C)[C@@]1(OP(=O)(O)O)C(=O)CO.[NaH].[NaH]. The standard InChI is InChI=1S/C22H30FO8P.2Na.2H/c1-12-8-16-15-5-4-13-9-14(25)6-7-19(13,2)21(15,23)17(26)10-20(16,3)22(12,18(27)11-24)31-32(28,29)30;;;;/h6-7,9,12,15-17,24,26H,4-5,8,10-11H2,1-3H3,(H2,28,29,30);;;;/t12-,15+,16+,17+,19+,20+,21+,22+;;;;/m1..../s1. The number of Topliss-reactive ketones (excluding diaryl/α,β-unsaturated/α-hetero) is 1. The molecule has 4 aliphatic rings. The van der Waals surface area contributed by atoms with E-state index in [9.17, 15) is 34.2 Å². The van der Waals surface area contributed by atoms with Crippen molar-refractivity contribution in [2.45, 2.75) is 63.8 Å². The number of phosphoric acid groups is 1. The summed E-state index contributed by atoms with van der Waals surface area (Å²) >= 11 is 0. The average Bonchev–Trinajstić information content (AvgIpc) is 2.90. The molecule has 3 saturated carbocycles. The molecule has 0 aliphatic heterocycles. The Bertz CT molecular complexity index is 984. The Labute approximate surface area is 242 Å². The van der Waals surface area contributed by atoms with E-state index in [1.54, 1.807) is 20.8 Å². The first kappa shape index (κ1) is 31.0. The van der Waals surface area contributed by atoms with E-state index >= 15 is 4.39 Å². The number of carbonyl (C=O) groups excluding carboxylic acids is 2. The van der Waals surface area contributed by atoms with Crippen molar-refractivity contribution in [2.24, 2.45) is 28.6 Å². The molecule has 0 saturated heterocycles. The van der Waals surface area contributed by atoms with Gasteiger partial charge in [-0.2, -0.15) is 0 Å². The molecule has 0 bridgehead atoms. The number of allylic oxidation sites excluding steroid dienone is 4. The predicted molar refractivity (Wildman–Crippen MR) is 125 cm³/mol. The van der Waals surface area contributed by atoms with Gasteiger partial charge in [-0.3, -0.25) is 14.1 Å². The topological polar surface area (TPSA) is 141 Å². The Balaban J connectivity index is 0.00000204. The molecule has 4 aliphatic carbocycles. The number of carbonyl (C=O) groups is 2. The molecule has 0 aromatic carbocycles. The monoisotopic (exact) mass is 520 g/mol. The van der Waals surface area contributed by atoms with Crippen molar-refractivity contribution in [2.75, 3.05) is 6.61 Å². The van der Waals surface area contributed by atoms with Gasteiger partial charge in [0.05, 0.1) is 6.10 Å². The van der Waals surface area contributed by atoms with E-state index < -0.39 is 66.2 Å². The van der Waals surface area contributed by atoms with E-state index in [1.807, 2.05) is 0 Å². The zero-order valence-electron chi connectivity index (χ0n) is 18.3. The quantitative estimate of drug-likeness (QED) is 0.314. The molecule has 8 nitrogen and oxygen atoms in total. The number of hydrogen-bond donors (Lipinski definition) is 4. The fourth-order valence-electron chi connectivity index (χ4n) is 7.67. The van der Waals surface area contributed by atoms with Gasteiger partial charge < -0.3 is 20.0 Å². The number of alkyl halides is 1. The molecule has 182 valence electrons. The van der Waals surface area contributed by atoms with Crippen LogP contribution >= 0.6 is 7.82 Å². The molecule has 0 heterocycles. The first-order valence-electron chi connectivity index (χ1n) is 10.9. The van der Waals surface area contributed by atoms with E-state index in [1.165, 1.54) is 18.2 Å². The fourth-order valence-corrected chi connectivity index (χ4v) is 8.54. The molecule has 4 rings (SSSR count). The zero-order chi connectivity index (χ0) is 23.9. The molecule has 0 aromatic rings. The fraction of sp³-hybridized carbons (Fsp3) is 0.727. The molecular formula is C22H32FNa2O8P. The van der Waals surface area contributed by atoms with Crippen LogP contribution in [0.2, 0.25) is 0 Å². The van der Waals surface area contributed by atoms with Crippen LogP contribution in [-0.4, -0.2) is 115 Å². The van der Waals surface area contributed by atoms with Crippen LogP contribution in [0.4, 0.5) is 4.39 Å². The van der Waals surface area contributed by atoms with E-state index in [0.717, 1.165) is 0 Å². The van der Waals surface area contributed by atoms with Crippen LogP contribution in [0.15, 0.2) is 23.8 Å². The van der Waals surface area contributed by atoms with Crippen LogP contribution in [0.5, 0.6) is 0 Å². The van der Waals surface area contributed by atoms with Gasteiger partial charge in [0.2, 0.25) is 0 Å². The molecule has 34 heavy (non-hydrogen) atoms. The Morgan fingerprint density at radius 3 is 2.44 bits per heavy atom. The second-order valence-corrected chi connectivity index (χ2v) is 11.5. The van der Waals surface area contributed by atoms with Crippen molar-refractivity contribution >= 4 is 78.5 Å². The van der Waals surface area contributed by atoms with Crippen molar-refractivity contribution in [3.63, 3.8) is 0 Å². The summed E-state index contributed by atoms with van der Waals surface area (Å²) in [5, 5.41) is 21.0. The Morgan fingerprint density at radius 2 is 1.88 bits per heavy atom. The first-order chi connectivity index (χ1) is 14.7. The number of aliphatic hydroxyl groups is 2. The van der Waals surface area contributed by atoms with E-state index in [-0.39, 0.29) is 77.7 Å². The molecule has 0 amide bonds. The van der Waals surface area contributed by atoms with Gasteiger partial charge in [0, 0.05) is 16.7 Å². The van der Waals surface area contributed by atoms with Crippen LogP contribution in [0.3, 0.4) is 0 Å². The molecule has 12 heteroatoms. The number of rotatable bonds is 4. The van der Waals surface area contributed by atoms with Crippen molar-refractivity contribution < 1.29 is 43.1 Å². The van der Waals surface area contributed by atoms with Gasteiger partial charge in [0.1, 0.15) is 12.2 Å². The van der Waals surface area contributed by atoms with E-state index in [4.69, 9.17) is 4.52 Å². The third kappa shape index (κ3) is 4.02. The molecule has 4 N–H and O–H groups in total. The summed E-state index contributed by atoms with van der Waals surface area (Å²) < 4.78 is 34.2. The second kappa shape index (κ2) is 9.83. The third-order valence-electron chi connectivity index (χ3n) is 9.00. The van der Waals surface area contributed by atoms with Crippen molar-refractivity contribution in [1.82, 2.24) is 0 Å². The van der Waals surface area contributed by atoms with Gasteiger partial charge in [-0.15, -0.1) is 0 Å². The van der Waals surface area contributed by atoms with Gasteiger partial charge in [0.25, 0.3) is 0 Å². The number of ketones is 2. The molecular weight excluding hydrogens is 488 g/mol. The number of hydrogen-bond acceptors (Lipinski definition) is 6. The second-order valence-electron chi connectivity index (χ2n) is 10.3. The summed E-state index contributed by atoms with van der Waals surface area (Å²) in [6.07, 6.45) is 3.34. The molecule has 3 fully saturated rings. The normalized spacial score (nSPS) is 45.2. The maximum atomic E-state index is 17.1. The van der Waals surface area contributed by atoms with Gasteiger partial charge in [-0.05, 0) is 56.6 Å². The summed E-state index contributed by atoms with van der Waals surface area (Å²) in [6.45, 7) is 3.87. The third-order valence-corrected chi connectivity index (χ3v) is 9.53. The summed E-state index contributed by atoms with van der Waals surface area (Å²) in [4.78, 5) is 44.2. The molecule has 0 unspecified atom stereocenters. The van der Waals surface area contributed by atoms with Crippen LogP contribution in [-0.2, 0) is 18.7 Å². The average molecular weight is 520 g/mol. The Hall–Kier alpha value is 0.780. The molecule has 0 aromatic heterocycles. The van der Waals surface area contributed by atoms with Crippen LogP contribution in [0.1, 0.15) is 46.5 Å². The van der Waals surface area contributed by atoms with Gasteiger partial charge in [-0.1, -0.05) is 25.5 Å². The van der Waals surface area contributed by atoms with Crippen LogP contribution in [0, 0.1) is 28.6 Å². The van der Waals surface area contributed by atoms with E-state index in [0.29, 0.717) is 18.4 Å². The van der Waals surface area contributed by atoms with Gasteiger partial charge in [-0.25, -0.2) is 8.96 Å². The van der Waals surface area contributed by atoms with Crippen molar-refractivity contribution in [3.8, 4) is 0 Å². The summed E-state index contributed by atoms with van der Waals surface area (Å²) in [5.41, 5.74) is -6.13. The van der Waals surface area contributed by atoms with Gasteiger partial charge in [0.15, 0.2) is 17.2 Å². The van der Waals surface area contributed by atoms with Crippen molar-refractivity contribution in [3.05, 3.63) is 23.8 Å². The van der Waals surface area contributed by atoms with Gasteiger partial charge >= 0.3 is 66.9 Å². The number of halogens is 1. The van der Waals surface area contributed by atoms with Crippen molar-refractivity contribution in [1.29, 1.82) is 0 Å². The van der Waals surface area contributed by atoms with Crippen LogP contribution < -0.4 is 0 Å². The summed E-state index contributed by atoms with van der Waals surface area (Å²) in [7, 11) is -5.17. The molecule has 0 spiro atoms. The van der Waals surface area contributed by atoms with Crippen LogP contribution in [0.25, 0.3) is 0 Å². The number of aliphatic hydroxyl groups excluding tert-OH is 2. The Kier molecular flexibility index (Phi) is 8.96. The number of phosphoric ester groups is 1. The maximum absolute atomic E-state index is 17.1. The predicted octanol–water partition coefficient (Wildman–Crippen LogP) is 0.716. The minimum absolute atomic E-state index is 0. The summed E-state index contributed by atoms with van der Waals surface area (Å²) in [6, 6.07) is 0. The zero-order valence-corrected chi connectivity index (χ0v) is 19.2. The molecule has 8 atom stereocenters. The first-order valence-corrected chi connectivity index (χ1v) is 12.4. The molecule has 0 radical (unpaired) electrons. The summed E-state index contributed by atoms with van der Waals surface area (Å²) in [5.74, 6) is -3.13. The van der Waals surface area contributed by atoms with E-state index in [2.05, 4.69) is 0 Å².